The van der Waals surface area contributed by atoms with Crippen LogP contribution in [-0.4, -0.2) is 35.1 Å². The van der Waals surface area contributed by atoms with E-state index in [0.717, 1.165) is 21.7 Å². The zero-order chi connectivity index (χ0) is 30.9. The summed E-state index contributed by atoms with van der Waals surface area (Å²) in [5.74, 6) is -0.348. The number of nitrogens with one attached hydrogen (secondary N) is 3. The van der Waals surface area contributed by atoms with E-state index in [2.05, 4.69) is 20.9 Å². The van der Waals surface area contributed by atoms with Crippen LogP contribution in [0, 0.1) is 0 Å². The predicted molar refractivity (Wildman–Crippen MR) is 179 cm³/mol. The van der Waals surface area contributed by atoms with Crippen LogP contribution in [0.4, 0.5) is 10.8 Å². The number of carbonyl (C=O) groups excluding carboxylic acids is 3. The first-order chi connectivity index (χ1) is 21.4. The highest BCUT2D eigenvalue weighted by Crippen LogP contribution is 2.33. The number of thioether (sulfide) groups is 1. The monoisotopic (exact) mass is 640 g/mol. The summed E-state index contributed by atoms with van der Waals surface area (Å²) in [7, 11) is 1.61. The first-order valence-electron chi connectivity index (χ1n) is 13.5. The molecule has 1 unspecified atom stereocenters. The van der Waals surface area contributed by atoms with E-state index >= 15 is 0 Å². The second-order valence-electron chi connectivity index (χ2n) is 9.40. The van der Waals surface area contributed by atoms with Crippen molar-refractivity contribution in [2.45, 2.75) is 17.1 Å². The summed E-state index contributed by atoms with van der Waals surface area (Å²) < 4.78 is 5.43. The highest BCUT2D eigenvalue weighted by atomic mass is 32.2. The van der Waals surface area contributed by atoms with Crippen molar-refractivity contribution in [3.8, 4) is 17.0 Å². The molecule has 3 aromatic carbocycles. The van der Waals surface area contributed by atoms with Crippen LogP contribution < -0.4 is 20.7 Å². The molecule has 3 N–H and O–H groups in total. The highest BCUT2D eigenvalue weighted by Gasteiger charge is 2.19. The van der Waals surface area contributed by atoms with Gasteiger partial charge in [-0.2, -0.15) is 11.3 Å². The van der Waals surface area contributed by atoms with Gasteiger partial charge in [-0.05, 0) is 77.9 Å². The van der Waals surface area contributed by atoms with Crippen molar-refractivity contribution >= 4 is 69.1 Å². The maximum Gasteiger partial charge on any atom is 0.272 e. The standard InChI is InChI=1S/C33H28N4O4S3/c1-21(30(38)37-33-36-28(20-43-33)26-13-6-7-14-29(26)41-2)44-25-12-8-11-24(18-25)34-32(40)27(17-22-15-16-42-19-22)35-31(39)23-9-4-3-5-10-23/h3-21H,1-2H3,(H,34,40)(H,35,39)(H,36,37,38)/b27-17-. The molecule has 44 heavy (non-hydrogen) atoms. The van der Waals surface area contributed by atoms with Gasteiger partial charge in [0.25, 0.3) is 11.8 Å². The number of hydrogen-bond acceptors (Lipinski definition) is 8. The van der Waals surface area contributed by atoms with Crippen LogP contribution in [-0.2, 0) is 9.59 Å². The van der Waals surface area contributed by atoms with E-state index in [0.29, 0.717) is 22.1 Å². The summed E-state index contributed by atoms with van der Waals surface area (Å²) in [6, 6.07) is 25.4. The normalized spacial score (nSPS) is 11.8. The van der Waals surface area contributed by atoms with Crippen LogP contribution in [0.3, 0.4) is 0 Å². The van der Waals surface area contributed by atoms with E-state index in [1.807, 2.05) is 58.6 Å². The van der Waals surface area contributed by atoms with Crippen molar-refractivity contribution < 1.29 is 19.1 Å². The average Bonchev–Trinajstić information content (AvgIpc) is 3.73. The van der Waals surface area contributed by atoms with Crippen LogP contribution in [0.5, 0.6) is 5.75 Å². The first-order valence-corrected chi connectivity index (χ1v) is 16.2. The molecule has 5 aromatic rings. The lowest BCUT2D eigenvalue weighted by molar-refractivity contribution is -0.115. The Balaban J connectivity index is 1.23. The van der Waals surface area contributed by atoms with Gasteiger partial charge < -0.3 is 20.7 Å². The Labute approximate surface area is 267 Å². The minimum absolute atomic E-state index is 0.110. The Bertz CT molecular complexity index is 1790. The highest BCUT2D eigenvalue weighted by molar-refractivity contribution is 8.00. The molecule has 0 fully saturated rings. The molecule has 8 nitrogen and oxygen atoms in total. The zero-order valence-corrected chi connectivity index (χ0v) is 26.2. The molecule has 5 rings (SSSR count). The number of para-hydroxylation sites is 1. The summed E-state index contributed by atoms with van der Waals surface area (Å²) in [5.41, 5.74) is 3.45. The minimum atomic E-state index is -0.469. The molecule has 0 aliphatic carbocycles. The maximum absolute atomic E-state index is 13.3. The maximum atomic E-state index is 13.3. The van der Waals surface area contributed by atoms with Crippen LogP contribution in [0.15, 0.2) is 112 Å². The molecule has 2 aromatic heterocycles. The van der Waals surface area contributed by atoms with Gasteiger partial charge in [-0.25, -0.2) is 4.98 Å². The van der Waals surface area contributed by atoms with Crippen LogP contribution in [0.25, 0.3) is 17.3 Å². The minimum Gasteiger partial charge on any atom is -0.496 e. The number of methoxy groups -OCH3 is 1. The Hall–Kier alpha value is -4.71. The molecular formula is C33H28N4O4S3. The van der Waals surface area contributed by atoms with E-state index in [1.165, 1.54) is 34.4 Å². The number of aromatic nitrogens is 1. The number of anilines is 2. The van der Waals surface area contributed by atoms with Gasteiger partial charge in [0.05, 0.1) is 18.1 Å². The fourth-order valence-corrected chi connectivity index (χ4v) is 6.35. The fourth-order valence-electron chi connectivity index (χ4n) is 4.09. The predicted octanol–water partition coefficient (Wildman–Crippen LogP) is 7.41. The van der Waals surface area contributed by atoms with Crippen molar-refractivity contribution in [2.24, 2.45) is 0 Å². The van der Waals surface area contributed by atoms with Gasteiger partial charge in [-0.15, -0.1) is 23.1 Å². The third kappa shape index (κ3) is 8.01. The molecule has 3 amide bonds. The number of rotatable bonds is 11. The largest absolute Gasteiger partial charge is 0.496 e. The van der Waals surface area contributed by atoms with Gasteiger partial charge in [0, 0.05) is 27.1 Å². The molecule has 0 saturated carbocycles. The number of nitrogens with zero attached hydrogens (tertiary/aromatic N) is 1. The van der Waals surface area contributed by atoms with Gasteiger partial charge in [0.2, 0.25) is 5.91 Å². The molecular weight excluding hydrogens is 613 g/mol. The Kier molecular flexibility index (Phi) is 10.2. The first kappa shape index (κ1) is 30.7. The summed E-state index contributed by atoms with van der Waals surface area (Å²) in [5, 5.41) is 14.2. The van der Waals surface area contributed by atoms with E-state index in [1.54, 1.807) is 62.6 Å². The summed E-state index contributed by atoms with van der Waals surface area (Å²) >= 11 is 4.18. The lowest BCUT2D eigenvalue weighted by Crippen LogP contribution is -2.30. The number of amides is 3. The van der Waals surface area contributed by atoms with Gasteiger partial charge >= 0.3 is 0 Å². The molecule has 1 atom stereocenters. The quantitative estimate of drug-likeness (QED) is 0.103. The molecule has 0 bridgehead atoms. The topological polar surface area (TPSA) is 109 Å². The van der Waals surface area contributed by atoms with Gasteiger partial charge in [-0.1, -0.05) is 36.4 Å². The molecule has 0 aliphatic rings. The van der Waals surface area contributed by atoms with Crippen LogP contribution in [0.1, 0.15) is 22.8 Å². The lowest BCUT2D eigenvalue weighted by Gasteiger charge is -2.13. The molecule has 0 saturated heterocycles. The molecule has 0 spiro atoms. The Morgan fingerprint density at radius 1 is 0.932 bits per heavy atom. The van der Waals surface area contributed by atoms with E-state index in [4.69, 9.17) is 4.74 Å². The van der Waals surface area contributed by atoms with E-state index < -0.39 is 11.2 Å². The van der Waals surface area contributed by atoms with E-state index in [9.17, 15) is 14.4 Å². The lowest BCUT2D eigenvalue weighted by atomic mass is 10.1. The van der Waals surface area contributed by atoms with E-state index in [-0.39, 0.29) is 17.5 Å². The number of hydrogen-bond donors (Lipinski definition) is 3. The summed E-state index contributed by atoms with van der Waals surface area (Å²) in [6.07, 6.45) is 1.63. The van der Waals surface area contributed by atoms with Crippen molar-refractivity contribution in [2.75, 3.05) is 17.7 Å². The molecule has 11 heteroatoms. The Morgan fingerprint density at radius 2 is 1.73 bits per heavy atom. The zero-order valence-electron chi connectivity index (χ0n) is 23.8. The van der Waals surface area contributed by atoms with Crippen LogP contribution >= 0.6 is 34.4 Å². The molecule has 0 radical (unpaired) electrons. The van der Waals surface area contributed by atoms with Gasteiger partial charge in [0.15, 0.2) is 5.13 Å². The fraction of sp³-hybridized carbons (Fsp3) is 0.0909. The summed E-state index contributed by atoms with van der Waals surface area (Å²) in [6.45, 7) is 1.81. The number of ether oxygens (including phenoxy) is 1. The second-order valence-corrected chi connectivity index (χ2v) is 12.5. The number of benzene rings is 3. The number of thiophene rings is 1. The third-order valence-electron chi connectivity index (χ3n) is 6.27. The third-order valence-corrected chi connectivity index (χ3v) is 8.83. The molecule has 2 heterocycles. The van der Waals surface area contributed by atoms with Crippen molar-refractivity contribution in [3.63, 3.8) is 0 Å². The van der Waals surface area contributed by atoms with Crippen molar-refractivity contribution in [1.82, 2.24) is 10.3 Å². The van der Waals surface area contributed by atoms with Crippen molar-refractivity contribution in [1.29, 1.82) is 0 Å². The number of carbonyl (C=O) groups is 3. The molecule has 222 valence electrons. The SMILES string of the molecule is COc1ccccc1-c1csc(NC(=O)C(C)Sc2cccc(NC(=O)/C(=C/c3ccsc3)NC(=O)c3ccccc3)c2)n1. The van der Waals surface area contributed by atoms with Gasteiger partial charge in [0.1, 0.15) is 11.4 Å². The van der Waals surface area contributed by atoms with Gasteiger partial charge in [-0.3, -0.25) is 14.4 Å². The Morgan fingerprint density at radius 3 is 2.50 bits per heavy atom. The second kappa shape index (κ2) is 14.6. The van der Waals surface area contributed by atoms with Crippen molar-refractivity contribution in [3.05, 3.63) is 118 Å². The molecule has 0 aliphatic heterocycles. The summed E-state index contributed by atoms with van der Waals surface area (Å²) in [4.78, 5) is 44.5. The van der Waals surface area contributed by atoms with Crippen LogP contribution in [0.2, 0.25) is 0 Å². The average molecular weight is 641 g/mol. The smallest absolute Gasteiger partial charge is 0.272 e. The number of thiazole rings is 1.